The summed E-state index contributed by atoms with van der Waals surface area (Å²) in [5.74, 6) is 1.53. The summed E-state index contributed by atoms with van der Waals surface area (Å²) in [4.78, 5) is 2.44. The summed E-state index contributed by atoms with van der Waals surface area (Å²) < 4.78 is 17.2. The number of hydrazine groups is 1. The van der Waals surface area contributed by atoms with E-state index in [1.807, 2.05) is 25.1 Å². The van der Waals surface area contributed by atoms with Gasteiger partial charge >= 0.3 is 0 Å². The maximum Gasteiger partial charge on any atom is 0.158 e. The van der Waals surface area contributed by atoms with E-state index in [1.165, 1.54) is 5.56 Å². The van der Waals surface area contributed by atoms with E-state index in [0.29, 0.717) is 6.61 Å². The second-order valence-electron chi connectivity index (χ2n) is 9.56. The van der Waals surface area contributed by atoms with Crippen molar-refractivity contribution in [3.63, 3.8) is 0 Å². The number of piperazine rings is 1. The van der Waals surface area contributed by atoms with Gasteiger partial charge in [-0.15, -0.1) is 9.06 Å². The van der Waals surface area contributed by atoms with E-state index >= 15 is 0 Å². The van der Waals surface area contributed by atoms with E-state index in [2.05, 4.69) is 65.9 Å². The topological polar surface area (TPSA) is 45.1 Å². The average Bonchev–Trinajstić information content (AvgIpc) is 3.19. The molecule has 7 nitrogen and oxygen atoms in total. The molecule has 1 aromatic heterocycles. The third-order valence-electron chi connectivity index (χ3n) is 7.67. The van der Waals surface area contributed by atoms with Gasteiger partial charge < -0.3 is 19.4 Å². The summed E-state index contributed by atoms with van der Waals surface area (Å²) in [6.45, 7) is 12.4. The Bertz CT molecular complexity index is 1260. The van der Waals surface area contributed by atoms with Crippen molar-refractivity contribution in [2.45, 2.75) is 39.4 Å². The Balaban J connectivity index is 1.83. The lowest BCUT2D eigenvalue weighted by atomic mass is 9.83. The molecule has 2 aromatic carbocycles. The maximum atomic E-state index is 7.29. The van der Waals surface area contributed by atoms with Gasteiger partial charge in [0.25, 0.3) is 0 Å². The fraction of sp³-hybridized carbons (Fsp3) is 0.429. The average molecular weight is 545 g/mol. The molecule has 2 aliphatic heterocycles. The van der Waals surface area contributed by atoms with Crippen LogP contribution in [0, 0.1) is 13.8 Å². The first-order valence-corrected chi connectivity index (χ1v) is 13.5. The van der Waals surface area contributed by atoms with Gasteiger partial charge in [0.2, 0.25) is 0 Å². The highest BCUT2D eigenvalue weighted by Crippen LogP contribution is 2.54. The Morgan fingerprint density at radius 2 is 1.73 bits per heavy atom. The lowest BCUT2D eigenvalue weighted by Gasteiger charge is -2.55. The predicted molar refractivity (Wildman–Crippen MR) is 148 cm³/mol. The van der Waals surface area contributed by atoms with E-state index in [9.17, 15) is 0 Å². The van der Waals surface area contributed by atoms with Crippen molar-refractivity contribution in [2.75, 3.05) is 39.9 Å². The van der Waals surface area contributed by atoms with Crippen molar-refractivity contribution in [3.8, 4) is 17.2 Å². The molecule has 3 heterocycles. The smallest absolute Gasteiger partial charge is 0.158 e. The van der Waals surface area contributed by atoms with Crippen LogP contribution in [0.4, 0.5) is 0 Å². The van der Waals surface area contributed by atoms with Crippen LogP contribution in [0.3, 0.4) is 0 Å². The first-order chi connectivity index (χ1) is 17.9. The van der Waals surface area contributed by atoms with Crippen LogP contribution in [0.5, 0.6) is 11.5 Å². The second-order valence-corrected chi connectivity index (χ2v) is 10.2. The quantitative estimate of drug-likeness (QED) is 0.413. The van der Waals surface area contributed by atoms with Gasteiger partial charge in [-0.2, -0.15) is 0 Å². The van der Waals surface area contributed by atoms with Crippen molar-refractivity contribution in [1.29, 1.82) is 0 Å². The van der Waals surface area contributed by atoms with Crippen molar-refractivity contribution >= 4 is 23.6 Å². The van der Waals surface area contributed by atoms with Gasteiger partial charge in [0.1, 0.15) is 11.5 Å². The molecule has 0 radical (unpaired) electrons. The van der Waals surface area contributed by atoms with Crippen molar-refractivity contribution in [3.05, 3.63) is 76.6 Å². The number of fused-ring (bicyclic) bond motifs is 1. The largest absolute Gasteiger partial charge is 0.494 e. The third kappa shape index (κ3) is 4.04. The van der Waals surface area contributed by atoms with Crippen LogP contribution in [-0.4, -0.2) is 58.4 Å². The first-order valence-electron chi connectivity index (χ1n) is 12.8. The number of methoxy groups -OCH3 is 1. The standard InChI is InChI=1S/C28H35Cl2N5O2/c1-6-37-23-12-13-24(25(18-23)36-5)33-19(2)26-20(3)34(29)35(30)28(27(26)21(33)4,22-10-8-7-9-11-22)32-16-14-31-15-17-32/h7-13,18,20,31H,6,14-17H2,1-5H3. The van der Waals surface area contributed by atoms with Gasteiger partial charge in [0, 0.05) is 54.8 Å². The van der Waals surface area contributed by atoms with Crippen LogP contribution in [0.1, 0.15) is 48.0 Å². The molecule has 1 fully saturated rings. The van der Waals surface area contributed by atoms with Crippen LogP contribution in [-0.2, 0) is 5.66 Å². The lowest BCUT2D eigenvalue weighted by molar-refractivity contribution is -0.0888. The molecule has 0 bridgehead atoms. The number of nitrogens with one attached hydrogen (secondary N) is 1. The Morgan fingerprint density at radius 3 is 2.38 bits per heavy atom. The molecular formula is C28H35Cl2N5O2. The van der Waals surface area contributed by atoms with E-state index in [1.54, 1.807) is 16.2 Å². The molecule has 0 aliphatic carbocycles. The Hall–Kier alpha value is -2.26. The van der Waals surface area contributed by atoms with Crippen LogP contribution in [0.25, 0.3) is 5.69 Å². The summed E-state index contributed by atoms with van der Waals surface area (Å²) in [5.41, 5.74) is 5.76. The third-order valence-corrected chi connectivity index (χ3v) is 8.60. The Labute approximate surface area is 229 Å². The molecule has 2 aliphatic rings. The summed E-state index contributed by atoms with van der Waals surface area (Å²) in [6.07, 6.45) is 0. The fourth-order valence-corrected chi connectivity index (χ4v) is 6.75. The number of nitrogens with zero attached hydrogens (tertiary/aromatic N) is 4. The highest BCUT2D eigenvalue weighted by molar-refractivity contribution is 6.20. The number of ether oxygens (including phenoxy) is 2. The lowest BCUT2D eigenvalue weighted by Crippen LogP contribution is -2.65. The number of aromatic nitrogens is 1. The molecular weight excluding hydrogens is 509 g/mol. The summed E-state index contributed by atoms with van der Waals surface area (Å²) in [6, 6.07) is 16.3. The zero-order valence-corrected chi connectivity index (χ0v) is 23.6. The predicted octanol–water partition coefficient (Wildman–Crippen LogP) is 5.51. The summed E-state index contributed by atoms with van der Waals surface area (Å²) >= 11 is 14.3. The van der Waals surface area contributed by atoms with Crippen LogP contribution >= 0.6 is 23.6 Å². The van der Waals surface area contributed by atoms with Crippen LogP contribution < -0.4 is 14.8 Å². The molecule has 0 spiro atoms. The maximum absolute atomic E-state index is 7.29. The van der Waals surface area contributed by atoms with Gasteiger partial charge in [-0.1, -0.05) is 30.3 Å². The van der Waals surface area contributed by atoms with E-state index in [0.717, 1.165) is 65.9 Å². The molecule has 2 atom stereocenters. The number of hydrogen-bond acceptors (Lipinski definition) is 6. The molecule has 1 saturated heterocycles. The van der Waals surface area contributed by atoms with Gasteiger partial charge in [0.05, 0.1) is 25.4 Å². The SMILES string of the molecule is CCOc1ccc(-n2c(C)c3c(c2C)C(c2ccccc2)(N2CCNCC2)N(Cl)N(Cl)C3C)c(OC)c1. The van der Waals surface area contributed by atoms with Crippen molar-refractivity contribution in [1.82, 2.24) is 23.8 Å². The summed E-state index contributed by atoms with van der Waals surface area (Å²) in [7, 11) is 1.70. The van der Waals surface area contributed by atoms with Crippen LogP contribution in [0.15, 0.2) is 48.5 Å². The fourth-order valence-electron chi connectivity index (χ4n) is 6.13. The number of hydrogen-bond donors (Lipinski definition) is 1. The number of halogens is 2. The van der Waals surface area contributed by atoms with E-state index in [-0.39, 0.29) is 6.04 Å². The van der Waals surface area contributed by atoms with E-state index < -0.39 is 5.66 Å². The van der Waals surface area contributed by atoms with Gasteiger partial charge in [-0.3, -0.25) is 4.90 Å². The first kappa shape index (κ1) is 26.4. The molecule has 2 unspecified atom stereocenters. The molecule has 0 saturated carbocycles. The van der Waals surface area contributed by atoms with Crippen molar-refractivity contribution in [2.24, 2.45) is 0 Å². The Morgan fingerprint density at radius 1 is 1.03 bits per heavy atom. The normalized spacial score (nSPS) is 23.2. The monoisotopic (exact) mass is 543 g/mol. The highest BCUT2D eigenvalue weighted by Gasteiger charge is 2.56. The number of rotatable bonds is 6. The molecule has 3 aromatic rings. The second kappa shape index (κ2) is 10.5. The highest BCUT2D eigenvalue weighted by atomic mass is 35.5. The molecule has 1 N–H and O–H groups in total. The molecule has 0 amide bonds. The van der Waals surface area contributed by atoms with Crippen LogP contribution in [0.2, 0.25) is 0 Å². The van der Waals surface area contributed by atoms with Gasteiger partial charge in [-0.05, 0) is 68.9 Å². The molecule has 9 heteroatoms. The van der Waals surface area contributed by atoms with Gasteiger partial charge in [0.15, 0.2) is 5.66 Å². The minimum absolute atomic E-state index is 0.150. The summed E-state index contributed by atoms with van der Waals surface area (Å²) in [5, 5.41) is 3.49. The minimum atomic E-state index is -0.799. The zero-order valence-electron chi connectivity index (χ0n) is 22.1. The van der Waals surface area contributed by atoms with Crippen molar-refractivity contribution < 1.29 is 9.47 Å². The Kier molecular flexibility index (Phi) is 7.47. The number of benzene rings is 2. The zero-order chi connectivity index (χ0) is 26.3. The van der Waals surface area contributed by atoms with E-state index in [4.69, 9.17) is 33.0 Å². The molecule has 5 rings (SSSR count). The molecule has 198 valence electrons. The van der Waals surface area contributed by atoms with Gasteiger partial charge in [-0.25, -0.2) is 0 Å². The molecule has 37 heavy (non-hydrogen) atoms. The minimum Gasteiger partial charge on any atom is -0.494 e.